The van der Waals surface area contributed by atoms with E-state index in [9.17, 15) is 24.9 Å². The van der Waals surface area contributed by atoms with Crippen LogP contribution in [0.1, 0.15) is 32.9 Å². The molecule has 0 bridgehead atoms. The summed E-state index contributed by atoms with van der Waals surface area (Å²) < 4.78 is 6.48. The number of carbonyl (C=O) groups is 1. The Bertz CT molecular complexity index is 726. The van der Waals surface area contributed by atoms with E-state index in [1.807, 2.05) is 0 Å². The molecular formula is C14H22N4O7. The predicted octanol–water partition coefficient (Wildman–Crippen LogP) is -0.788. The van der Waals surface area contributed by atoms with E-state index >= 15 is 0 Å². The molecule has 25 heavy (non-hydrogen) atoms. The van der Waals surface area contributed by atoms with Crippen LogP contribution >= 0.6 is 0 Å². The van der Waals surface area contributed by atoms with Gasteiger partial charge in [0.2, 0.25) is 0 Å². The van der Waals surface area contributed by atoms with Gasteiger partial charge < -0.3 is 25.3 Å². The molecule has 0 unspecified atom stereocenters. The Morgan fingerprint density at radius 3 is 2.52 bits per heavy atom. The number of carboxylic acid groups (broad SMARTS) is 1. The van der Waals surface area contributed by atoms with Crippen molar-refractivity contribution in [3.8, 4) is 0 Å². The smallest absolute Gasteiger partial charge is 0.409 e. The lowest BCUT2D eigenvalue weighted by Gasteiger charge is -2.33. The van der Waals surface area contributed by atoms with Crippen LogP contribution in [0.4, 0.5) is 4.79 Å². The van der Waals surface area contributed by atoms with Crippen molar-refractivity contribution in [2.45, 2.75) is 57.4 Å². The molecule has 1 aromatic rings. The van der Waals surface area contributed by atoms with Gasteiger partial charge in [0.05, 0.1) is 0 Å². The molecule has 1 aliphatic heterocycles. The average Bonchev–Trinajstić information content (AvgIpc) is 2.87. The molecule has 0 saturated carbocycles. The maximum Gasteiger partial charge on any atom is 0.409 e. The summed E-state index contributed by atoms with van der Waals surface area (Å²) in [6, 6.07) is 0.842. The number of aliphatic hydroxyl groups excluding tert-OH is 2. The zero-order valence-corrected chi connectivity index (χ0v) is 13.8. The lowest BCUT2D eigenvalue weighted by Crippen LogP contribution is -2.51. The van der Waals surface area contributed by atoms with Crippen LogP contribution in [0.15, 0.2) is 22.2 Å². The minimum atomic E-state index is -1.53. The third kappa shape index (κ3) is 3.52. The summed E-state index contributed by atoms with van der Waals surface area (Å²) in [7, 11) is 0. The van der Waals surface area contributed by atoms with E-state index in [1.54, 1.807) is 13.8 Å². The summed E-state index contributed by atoms with van der Waals surface area (Å²) in [5.41, 5.74) is -0.855. The molecule has 2 heterocycles. The van der Waals surface area contributed by atoms with E-state index in [4.69, 9.17) is 9.94 Å². The quantitative estimate of drug-likeness (QED) is 0.340. The first kappa shape index (κ1) is 19.0. The van der Waals surface area contributed by atoms with Gasteiger partial charge in [-0.15, -0.1) is 0 Å². The number of ether oxygens (including phenoxy) is 1. The first-order valence-corrected chi connectivity index (χ1v) is 7.88. The highest BCUT2D eigenvalue weighted by Gasteiger charge is 2.49. The van der Waals surface area contributed by atoms with Gasteiger partial charge in [-0.3, -0.25) is 14.5 Å². The third-order valence-electron chi connectivity index (χ3n) is 4.29. The van der Waals surface area contributed by atoms with Crippen molar-refractivity contribution in [3.05, 3.63) is 28.2 Å². The molecule has 5 N–H and O–H groups in total. The van der Waals surface area contributed by atoms with Gasteiger partial charge in [0.25, 0.3) is 0 Å². The van der Waals surface area contributed by atoms with Crippen LogP contribution in [0.2, 0.25) is 0 Å². The molecule has 4 atom stereocenters. The lowest BCUT2D eigenvalue weighted by molar-refractivity contribution is -0.110. The van der Waals surface area contributed by atoms with Crippen LogP contribution < -0.4 is 11.2 Å². The Kier molecular flexibility index (Phi) is 5.82. The van der Waals surface area contributed by atoms with Crippen molar-refractivity contribution in [2.24, 2.45) is 5.16 Å². The number of aromatic nitrogens is 2. The van der Waals surface area contributed by atoms with Crippen LogP contribution in [0, 0.1) is 0 Å². The lowest BCUT2D eigenvalue weighted by atomic mass is 10.1. The highest BCUT2D eigenvalue weighted by atomic mass is 16.6. The molecule has 0 spiro atoms. The fourth-order valence-corrected chi connectivity index (χ4v) is 2.95. The summed E-state index contributed by atoms with van der Waals surface area (Å²) in [6.07, 6.45) is -4.77. The van der Waals surface area contributed by atoms with Crippen molar-refractivity contribution < 1.29 is 30.1 Å². The van der Waals surface area contributed by atoms with Crippen LogP contribution in [0.5, 0.6) is 0 Å². The Morgan fingerprint density at radius 1 is 1.40 bits per heavy atom. The van der Waals surface area contributed by atoms with Gasteiger partial charge in [-0.25, -0.2) is 9.59 Å². The molecule has 1 aromatic heterocycles. The normalized spacial score (nSPS) is 27.0. The Labute approximate surface area is 142 Å². The molecule has 1 amide bonds. The first-order valence-electron chi connectivity index (χ1n) is 7.88. The molecule has 0 radical (unpaired) electrons. The summed E-state index contributed by atoms with van der Waals surface area (Å²) in [6.45, 7) is 3.60. The largest absolute Gasteiger partial charge is 0.465 e. The molecule has 11 nitrogen and oxygen atoms in total. The highest BCUT2D eigenvalue weighted by molar-refractivity contribution is 5.65. The van der Waals surface area contributed by atoms with Gasteiger partial charge in [-0.2, -0.15) is 0 Å². The number of aliphatic hydroxyl groups is 2. The molecule has 140 valence electrons. The van der Waals surface area contributed by atoms with Gasteiger partial charge >= 0.3 is 11.8 Å². The van der Waals surface area contributed by atoms with Gasteiger partial charge in [-0.1, -0.05) is 19.0 Å². The Balaban J connectivity index is 2.37. The molecule has 0 aliphatic carbocycles. The number of rotatable bonds is 5. The SMILES string of the molecule is CCC(CC)N(C(=O)O)[C@@H]1O[C@@H](n2cc/c(=N/O)[nH]c2=O)[C@H](O)[C@@H]1O. The summed E-state index contributed by atoms with van der Waals surface area (Å²) in [5, 5.41) is 41.5. The van der Waals surface area contributed by atoms with Crippen LogP contribution in [0.3, 0.4) is 0 Å². The average molecular weight is 358 g/mol. The van der Waals surface area contributed by atoms with E-state index in [0.717, 1.165) is 9.47 Å². The van der Waals surface area contributed by atoms with Crippen molar-refractivity contribution in [2.75, 3.05) is 0 Å². The number of aromatic amines is 1. The van der Waals surface area contributed by atoms with E-state index in [2.05, 4.69) is 10.1 Å². The molecule has 11 heteroatoms. The van der Waals surface area contributed by atoms with Crippen LogP contribution in [-0.2, 0) is 4.74 Å². The maximum atomic E-state index is 12.0. The van der Waals surface area contributed by atoms with E-state index in [-0.39, 0.29) is 5.49 Å². The van der Waals surface area contributed by atoms with Gasteiger partial charge in [0, 0.05) is 18.3 Å². The molecule has 0 aromatic carbocycles. The standard InChI is InChI=1S/C14H22N4O7/c1-3-7(4-2)18(14(22)23)12-10(20)9(19)11(25-12)17-6-5-8(16-24)15-13(17)21/h5-7,9-12,19-20,24H,3-4H2,1-2H3,(H,22,23)(H,15,16,21)/t9-,10+,11-,12-/m1/s1. The second kappa shape index (κ2) is 7.68. The highest BCUT2D eigenvalue weighted by Crippen LogP contribution is 2.32. The van der Waals surface area contributed by atoms with Crippen LogP contribution in [-0.4, -0.2) is 65.5 Å². The minimum Gasteiger partial charge on any atom is -0.465 e. The van der Waals surface area contributed by atoms with Crippen molar-refractivity contribution in [3.63, 3.8) is 0 Å². The number of hydrogen-bond acceptors (Lipinski definition) is 7. The Morgan fingerprint density at radius 2 is 2.04 bits per heavy atom. The molecule has 2 rings (SSSR count). The topological polar surface area (TPSA) is 161 Å². The van der Waals surface area contributed by atoms with E-state index in [0.29, 0.717) is 12.8 Å². The summed E-state index contributed by atoms with van der Waals surface area (Å²) >= 11 is 0. The Hall–Kier alpha value is -2.37. The molecule has 1 aliphatic rings. The number of amides is 1. The number of H-pyrrole nitrogens is 1. The van der Waals surface area contributed by atoms with Gasteiger partial charge in [0.15, 0.2) is 17.9 Å². The zero-order valence-electron chi connectivity index (χ0n) is 13.8. The summed E-state index contributed by atoms with van der Waals surface area (Å²) in [5.74, 6) is 0. The van der Waals surface area contributed by atoms with E-state index in [1.165, 1.54) is 12.3 Å². The van der Waals surface area contributed by atoms with E-state index < -0.39 is 42.5 Å². The number of nitrogens with zero attached hydrogens (tertiary/aromatic N) is 3. The second-order valence-corrected chi connectivity index (χ2v) is 5.70. The number of hydrogen-bond donors (Lipinski definition) is 5. The fraction of sp³-hybridized carbons (Fsp3) is 0.643. The fourth-order valence-electron chi connectivity index (χ4n) is 2.95. The van der Waals surface area contributed by atoms with Gasteiger partial charge in [0.1, 0.15) is 12.2 Å². The van der Waals surface area contributed by atoms with Crippen molar-refractivity contribution in [1.82, 2.24) is 14.5 Å². The molecule has 1 fully saturated rings. The maximum absolute atomic E-state index is 12.0. The second-order valence-electron chi connectivity index (χ2n) is 5.70. The van der Waals surface area contributed by atoms with Crippen molar-refractivity contribution >= 4 is 6.09 Å². The number of nitrogens with one attached hydrogen (secondary N) is 1. The van der Waals surface area contributed by atoms with Crippen LogP contribution in [0.25, 0.3) is 0 Å². The first-order chi connectivity index (χ1) is 11.8. The summed E-state index contributed by atoms with van der Waals surface area (Å²) in [4.78, 5) is 26.9. The zero-order chi connectivity index (χ0) is 18.7. The third-order valence-corrected chi connectivity index (χ3v) is 4.29. The molecular weight excluding hydrogens is 336 g/mol. The monoisotopic (exact) mass is 358 g/mol. The predicted molar refractivity (Wildman–Crippen MR) is 82.6 cm³/mol. The molecule has 1 saturated heterocycles. The van der Waals surface area contributed by atoms with Crippen molar-refractivity contribution in [1.29, 1.82) is 0 Å². The van der Waals surface area contributed by atoms with Gasteiger partial charge in [-0.05, 0) is 12.8 Å². The minimum absolute atomic E-state index is 0.102.